The van der Waals surface area contributed by atoms with Gasteiger partial charge in [0.1, 0.15) is 16.7 Å². The Morgan fingerprint density at radius 3 is 1.67 bits per heavy atom. The second kappa shape index (κ2) is 17.0. The molecule has 61 heavy (non-hydrogen) atoms. The topological polar surface area (TPSA) is 177 Å². The summed E-state index contributed by atoms with van der Waals surface area (Å²) in [5.74, 6) is -2.44. The van der Waals surface area contributed by atoms with Gasteiger partial charge >= 0.3 is 17.9 Å². The number of aryl methyl sites for hydroxylation is 6. The van der Waals surface area contributed by atoms with Crippen molar-refractivity contribution in [1.29, 1.82) is 0 Å². The molecule has 0 saturated carbocycles. The third-order valence-corrected chi connectivity index (χ3v) is 11.9. The van der Waals surface area contributed by atoms with E-state index in [4.69, 9.17) is 10.2 Å². The molecule has 0 amide bonds. The molecule has 12 nitrogen and oxygen atoms in total. The SMILES string of the molecule is Cc1cc(C(=O)O)c(=O)n2c(C)cc(C(C)C)cc12.Cc1cc(C(C)C)c2c3c1c(=O)c(C(=O)O)cn3C(C)(C)CC2.Cc1cc(C(C)C)cc2c1c(=O)c(C(=O)O)cn2C. The standard InChI is InChI=1S/C19H23NO3.2C15H17NO3/c1-10(2)13-8-11(3)15-16-12(13)6-7-19(4,5)20(16)9-14(17(15)21)18(22)23;1-8(2)10-5-9(3)13-12(6-10)16(4)7-11(14(13)17)15(18)19;1-8(2)11-6-10(4)16-13(7-11)9(3)5-12(14(16)17)15(18)19/h8-10H,6-7H2,1-5H3,(H,22,23);2*5-8H,1-4H3,(H,18,19). The number of benzene rings is 2. The van der Waals surface area contributed by atoms with Crippen molar-refractivity contribution in [3.63, 3.8) is 0 Å². The van der Waals surface area contributed by atoms with E-state index in [0.29, 0.717) is 28.5 Å². The molecule has 0 fully saturated rings. The van der Waals surface area contributed by atoms with Crippen LogP contribution in [0.25, 0.3) is 27.3 Å². The van der Waals surface area contributed by atoms with Crippen LogP contribution in [-0.4, -0.2) is 46.8 Å². The number of carbonyl (C=O) groups is 3. The molecule has 4 aromatic heterocycles. The first-order chi connectivity index (χ1) is 28.3. The monoisotopic (exact) mass is 831 g/mol. The fourth-order valence-electron chi connectivity index (χ4n) is 8.36. The number of aromatic nitrogens is 3. The van der Waals surface area contributed by atoms with Gasteiger partial charge in [0.25, 0.3) is 5.56 Å². The van der Waals surface area contributed by atoms with Crippen LogP contribution in [0.1, 0.15) is 155 Å². The molecule has 0 atom stereocenters. The highest BCUT2D eigenvalue weighted by atomic mass is 16.4. The predicted octanol–water partition coefficient (Wildman–Crippen LogP) is 9.22. The summed E-state index contributed by atoms with van der Waals surface area (Å²) in [7, 11) is 1.76. The third kappa shape index (κ3) is 8.53. The average molecular weight is 832 g/mol. The smallest absolute Gasteiger partial charge is 0.341 e. The molecule has 1 aliphatic heterocycles. The Balaban J connectivity index is 0.000000174. The van der Waals surface area contributed by atoms with E-state index in [0.717, 1.165) is 62.9 Å². The lowest BCUT2D eigenvalue weighted by Gasteiger charge is -2.37. The number of carboxylic acid groups (broad SMARTS) is 3. The molecule has 0 saturated heterocycles. The Labute approximate surface area is 354 Å². The van der Waals surface area contributed by atoms with Crippen LogP contribution in [-0.2, 0) is 19.0 Å². The van der Waals surface area contributed by atoms with Crippen LogP contribution in [0.3, 0.4) is 0 Å². The number of hydrogen-bond acceptors (Lipinski definition) is 6. The fraction of sp³-hybridized carbons (Fsp3) is 0.388. The van der Waals surface area contributed by atoms with Gasteiger partial charge in [-0.1, -0.05) is 53.7 Å². The largest absolute Gasteiger partial charge is 0.477 e. The van der Waals surface area contributed by atoms with Crippen molar-refractivity contribution >= 4 is 45.2 Å². The van der Waals surface area contributed by atoms with Gasteiger partial charge in [0.15, 0.2) is 0 Å². The van der Waals surface area contributed by atoms with Gasteiger partial charge in [-0.3, -0.25) is 18.8 Å². The van der Waals surface area contributed by atoms with Crippen LogP contribution in [0.4, 0.5) is 0 Å². The van der Waals surface area contributed by atoms with Gasteiger partial charge in [0, 0.05) is 41.4 Å². The molecule has 0 spiro atoms. The number of hydrogen-bond donors (Lipinski definition) is 3. The van der Waals surface area contributed by atoms with Gasteiger partial charge in [-0.25, -0.2) is 14.4 Å². The first kappa shape index (κ1) is 45.8. The van der Waals surface area contributed by atoms with Crippen LogP contribution < -0.4 is 16.4 Å². The van der Waals surface area contributed by atoms with Crippen molar-refractivity contribution in [2.45, 2.75) is 119 Å². The molecule has 5 heterocycles. The summed E-state index contributed by atoms with van der Waals surface area (Å²) in [6.07, 6.45) is 4.78. The van der Waals surface area contributed by atoms with Crippen LogP contribution in [0.2, 0.25) is 0 Å². The maximum Gasteiger partial charge on any atom is 0.341 e. The maximum absolute atomic E-state index is 12.7. The number of nitrogens with zero attached hydrogens (tertiary/aromatic N) is 3. The van der Waals surface area contributed by atoms with Crippen LogP contribution >= 0.6 is 0 Å². The van der Waals surface area contributed by atoms with E-state index in [2.05, 4.69) is 61.5 Å². The zero-order valence-corrected chi connectivity index (χ0v) is 37.4. The van der Waals surface area contributed by atoms with E-state index in [9.17, 15) is 33.9 Å². The van der Waals surface area contributed by atoms with Gasteiger partial charge < -0.3 is 24.5 Å². The summed E-state index contributed by atoms with van der Waals surface area (Å²) in [5, 5.41) is 28.6. The van der Waals surface area contributed by atoms with Gasteiger partial charge in [-0.15, -0.1) is 0 Å². The number of pyridine rings is 4. The minimum atomic E-state index is -1.19. The van der Waals surface area contributed by atoms with Crippen LogP contribution in [0, 0.1) is 27.7 Å². The minimum absolute atomic E-state index is 0.140. The molecule has 0 unspecified atom stereocenters. The molecule has 3 N–H and O–H groups in total. The van der Waals surface area contributed by atoms with Crippen molar-refractivity contribution in [2.24, 2.45) is 7.05 Å². The summed E-state index contributed by atoms with van der Waals surface area (Å²) in [6.45, 7) is 24.3. The molecule has 6 aromatic rings. The summed E-state index contributed by atoms with van der Waals surface area (Å²) in [4.78, 5) is 70.9. The Morgan fingerprint density at radius 1 is 0.623 bits per heavy atom. The van der Waals surface area contributed by atoms with Crippen molar-refractivity contribution in [3.8, 4) is 0 Å². The number of carboxylic acids is 3. The van der Waals surface area contributed by atoms with Gasteiger partial charge in [-0.2, -0.15) is 0 Å². The normalized spacial score (nSPS) is 13.0. The predicted molar refractivity (Wildman–Crippen MR) is 241 cm³/mol. The highest BCUT2D eigenvalue weighted by molar-refractivity contribution is 5.96. The zero-order valence-electron chi connectivity index (χ0n) is 37.4. The molecule has 0 aliphatic carbocycles. The lowest BCUT2D eigenvalue weighted by molar-refractivity contribution is 0.0683. The lowest BCUT2D eigenvalue weighted by atomic mass is 9.82. The number of fused-ring (bicyclic) bond motifs is 2. The third-order valence-electron chi connectivity index (χ3n) is 11.9. The maximum atomic E-state index is 12.7. The van der Waals surface area contributed by atoms with Crippen LogP contribution in [0.5, 0.6) is 0 Å². The number of rotatable bonds is 6. The van der Waals surface area contributed by atoms with Crippen molar-refractivity contribution in [2.75, 3.05) is 0 Å². The van der Waals surface area contributed by atoms with Gasteiger partial charge in [0.2, 0.25) is 10.9 Å². The summed E-state index contributed by atoms with van der Waals surface area (Å²) in [5.41, 5.74) is 8.52. The average Bonchev–Trinajstić information content (AvgIpc) is 3.16. The highest BCUT2D eigenvalue weighted by Gasteiger charge is 2.32. The summed E-state index contributed by atoms with van der Waals surface area (Å²) >= 11 is 0. The van der Waals surface area contributed by atoms with Gasteiger partial charge in [0.05, 0.1) is 16.6 Å². The second-order valence-electron chi connectivity index (χ2n) is 17.8. The van der Waals surface area contributed by atoms with Crippen molar-refractivity contribution < 1.29 is 29.7 Å². The molecule has 0 radical (unpaired) electrons. The van der Waals surface area contributed by atoms with E-state index in [1.165, 1.54) is 27.8 Å². The highest BCUT2D eigenvalue weighted by Crippen LogP contribution is 2.39. The Morgan fingerprint density at radius 2 is 1.13 bits per heavy atom. The molecule has 2 aromatic carbocycles. The minimum Gasteiger partial charge on any atom is -0.477 e. The molecule has 322 valence electrons. The number of aromatic carboxylic acids is 3. The first-order valence-electron chi connectivity index (χ1n) is 20.5. The Hall–Kier alpha value is -6.30. The van der Waals surface area contributed by atoms with Gasteiger partial charge in [-0.05, 0) is 135 Å². The van der Waals surface area contributed by atoms with E-state index < -0.39 is 28.9 Å². The molecule has 7 rings (SSSR count). The first-order valence-corrected chi connectivity index (χ1v) is 20.5. The molecule has 1 aliphatic rings. The Kier molecular flexibility index (Phi) is 12.7. The van der Waals surface area contributed by atoms with Crippen molar-refractivity contribution in [3.05, 3.63) is 141 Å². The lowest BCUT2D eigenvalue weighted by Crippen LogP contribution is -2.35. The Bertz CT molecular complexity index is 2850. The van der Waals surface area contributed by atoms with Crippen molar-refractivity contribution in [1.82, 2.24) is 13.5 Å². The summed E-state index contributed by atoms with van der Waals surface area (Å²) < 4.78 is 5.20. The molecular weight excluding hydrogens is 775 g/mol. The van der Waals surface area contributed by atoms with E-state index in [-0.39, 0.29) is 27.7 Å². The van der Waals surface area contributed by atoms with E-state index in [1.807, 2.05) is 56.5 Å². The zero-order chi connectivity index (χ0) is 45.7. The van der Waals surface area contributed by atoms with E-state index in [1.54, 1.807) is 17.8 Å². The summed E-state index contributed by atoms with van der Waals surface area (Å²) in [6, 6.07) is 11.3. The molecule has 0 bridgehead atoms. The quantitative estimate of drug-likeness (QED) is 0.148. The fourth-order valence-corrected chi connectivity index (χ4v) is 8.36. The van der Waals surface area contributed by atoms with E-state index >= 15 is 0 Å². The van der Waals surface area contributed by atoms with Crippen LogP contribution in [0.15, 0.2) is 63.2 Å². The second-order valence-corrected chi connectivity index (χ2v) is 17.8. The molecular formula is C49H57N3O9. The molecule has 12 heteroatoms.